The zero-order valence-corrected chi connectivity index (χ0v) is 11.3. The van der Waals surface area contributed by atoms with Crippen molar-refractivity contribution in [1.29, 1.82) is 5.41 Å². The molecule has 0 aliphatic rings. The number of hydrogen-bond donors (Lipinski definition) is 3. The molecule has 0 spiro atoms. The van der Waals surface area contributed by atoms with Gasteiger partial charge in [-0.3, -0.25) is 0 Å². The molecular weight excluding hydrogens is 244 g/mol. The lowest BCUT2D eigenvalue weighted by molar-refractivity contribution is 0.0692. The number of nitrogens with one attached hydrogen (secondary N) is 1. The number of anilines is 1. The maximum absolute atomic E-state index is 11.2. The summed E-state index contributed by atoms with van der Waals surface area (Å²) in [6.07, 6.45) is 2.32. The number of carboxylic acids is 1. The molecule has 1 aromatic carbocycles. The Morgan fingerprint density at radius 3 is 2.58 bits per heavy atom. The van der Waals surface area contributed by atoms with Gasteiger partial charge in [-0.1, -0.05) is 20.3 Å². The second kappa shape index (κ2) is 6.78. The molecule has 0 radical (unpaired) electrons. The Balaban J connectivity index is 3.14. The third-order valence-corrected chi connectivity index (χ3v) is 2.82. The molecule has 5 nitrogen and oxygen atoms in total. The van der Waals surface area contributed by atoms with Gasteiger partial charge >= 0.3 is 5.97 Å². The van der Waals surface area contributed by atoms with Crippen LogP contribution in [0.2, 0.25) is 0 Å². The molecule has 104 valence electrons. The Labute approximate surface area is 112 Å². The topological polar surface area (TPSA) is 96.4 Å². The normalized spacial score (nSPS) is 10.2. The van der Waals surface area contributed by atoms with Crippen molar-refractivity contribution in [2.45, 2.75) is 33.1 Å². The smallest absolute Gasteiger partial charge is 0.339 e. The molecule has 0 heterocycles. The van der Waals surface area contributed by atoms with Crippen molar-refractivity contribution in [1.82, 2.24) is 0 Å². The number of unbranched alkanes of at least 4 members (excludes halogenated alkanes) is 1. The first-order valence-electron chi connectivity index (χ1n) is 6.38. The molecule has 0 saturated carbocycles. The minimum absolute atomic E-state index is 0.0542. The Hall–Kier alpha value is -2.04. The highest BCUT2D eigenvalue weighted by Gasteiger charge is 2.16. The predicted octanol–water partition coefficient (Wildman–Crippen LogP) is 2.92. The van der Waals surface area contributed by atoms with E-state index in [1.165, 1.54) is 12.1 Å². The molecular formula is C14H20N2O3. The van der Waals surface area contributed by atoms with Crippen molar-refractivity contribution in [2.24, 2.45) is 0 Å². The highest BCUT2D eigenvalue weighted by molar-refractivity contribution is 6.05. The minimum atomic E-state index is -1.07. The zero-order valence-electron chi connectivity index (χ0n) is 11.3. The average molecular weight is 264 g/mol. The van der Waals surface area contributed by atoms with Crippen LogP contribution in [-0.2, 0) is 0 Å². The molecule has 1 rings (SSSR count). The Morgan fingerprint density at radius 1 is 1.37 bits per heavy atom. The molecule has 0 aromatic heterocycles. The molecule has 0 saturated heterocycles. The van der Waals surface area contributed by atoms with Crippen molar-refractivity contribution < 1.29 is 14.6 Å². The monoisotopic (exact) mass is 264 g/mol. The first kappa shape index (κ1) is 15.0. The molecule has 5 heteroatoms. The summed E-state index contributed by atoms with van der Waals surface area (Å²) in [5.41, 5.74) is 7.07. The van der Waals surface area contributed by atoms with Gasteiger partial charge in [0.05, 0.1) is 6.61 Å². The quantitative estimate of drug-likeness (QED) is 0.401. The number of carbonyl (C=O) groups is 1. The fourth-order valence-electron chi connectivity index (χ4n) is 1.66. The van der Waals surface area contributed by atoms with E-state index in [-0.39, 0.29) is 11.3 Å². The fourth-order valence-corrected chi connectivity index (χ4v) is 1.66. The minimum Gasteiger partial charge on any atom is -0.493 e. The van der Waals surface area contributed by atoms with Crippen LogP contribution < -0.4 is 10.5 Å². The lowest BCUT2D eigenvalue weighted by Gasteiger charge is -2.13. The van der Waals surface area contributed by atoms with Crippen LogP contribution in [0.25, 0.3) is 0 Å². The van der Waals surface area contributed by atoms with Crippen molar-refractivity contribution in [3.63, 3.8) is 0 Å². The molecule has 4 N–H and O–H groups in total. The highest BCUT2D eigenvalue weighted by atomic mass is 16.5. The van der Waals surface area contributed by atoms with Gasteiger partial charge in [-0.2, -0.15) is 0 Å². The van der Waals surface area contributed by atoms with Gasteiger partial charge in [0.1, 0.15) is 11.3 Å². The number of aromatic carboxylic acids is 1. The SMILES string of the molecule is CCCCOc1cc(N)c(C(=N)CC)cc1C(=O)O. The van der Waals surface area contributed by atoms with Gasteiger partial charge in [-0.05, 0) is 18.9 Å². The van der Waals surface area contributed by atoms with E-state index >= 15 is 0 Å². The molecule has 0 atom stereocenters. The Kier molecular flexibility index (Phi) is 5.36. The molecule has 0 aliphatic carbocycles. The van der Waals surface area contributed by atoms with Crippen LogP contribution in [0.3, 0.4) is 0 Å². The number of carboxylic acid groups (broad SMARTS) is 1. The third-order valence-electron chi connectivity index (χ3n) is 2.82. The Bertz CT molecular complexity index is 484. The summed E-state index contributed by atoms with van der Waals surface area (Å²) < 4.78 is 5.46. The lowest BCUT2D eigenvalue weighted by atomic mass is 10.0. The number of ether oxygens (including phenoxy) is 1. The summed E-state index contributed by atoms with van der Waals surface area (Å²) in [4.78, 5) is 11.2. The molecule has 0 bridgehead atoms. The average Bonchev–Trinajstić information content (AvgIpc) is 2.38. The van der Waals surface area contributed by atoms with Crippen LogP contribution in [0, 0.1) is 5.41 Å². The fraction of sp³-hybridized carbons (Fsp3) is 0.429. The summed E-state index contributed by atoms with van der Waals surface area (Å²) in [5.74, 6) is -0.803. The summed E-state index contributed by atoms with van der Waals surface area (Å²) in [6, 6.07) is 2.92. The maximum Gasteiger partial charge on any atom is 0.339 e. The summed E-state index contributed by atoms with van der Waals surface area (Å²) in [7, 11) is 0. The first-order chi connectivity index (χ1) is 9.01. The van der Waals surface area contributed by atoms with Crippen molar-refractivity contribution in [3.8, 4) is 5.75 Å². The van der Waals surface area contributed by atoms with E-state index in [1.807, 2.05) is 13.8 Å². The number of nitrogen functional groups attached to an aromatic ring is 1. The van der Waals surface area contributed by atoms with Crippen LogP contribution >= 0.6 is 0 Å². The van der Waals surface area contributed by atoms with Gasteiger partial charge < -0.3 is 21.0 Å². The third kappa shape index (κ3) is 3.71. The summed E-state index contributed by atoms with van der Waals surface area (Å²) in [5, 5.41) is 17.0. The number of benzene rings is 1. The van der Waals surface area contributed by atoms with Crippen LogP contribution in [0.4, 0.5) is 5.69 Å². The second-order valence-electron chi connectivity index (χ2n) is 4.27. The molecule has 0 fully saturated rings. The number of nitrogens with two attached hydrogens (primary N) is 1. The van der Waals surface area contributed by atoms with Crippen molar-refractivity contribution in [3.05, 3.63) is 23.3 Å². The predicted molar refractivity (Wildman–Crippen MR) is 75.3 cm³/mol. The lowest BCUT2D eigenvalue weighted by Crippen LogP contribution is -2.10. The van der Waals surface area contributed by atoms with Crippen LogP contribution in [-0.4, -0.2) is 23.4 Å². The van der Waals surface area contributed by atoms with E-state index in [0.29, 0.717) is 30.0 Å². The number of hydrogen-bond acceptors (Lipinski definition) is 4. The zero-order chi connectivity index (χ0) is 14.4. The second-order valence-corrected chi connectivity index (χ2v) is 4.27. The highest BCUT2D eigenvalue weighted by Crippen LogP contribution is 2.27. The maximum atomic E-state index is 11.2. The summed E-state index contributed by atoms with van der Waals surface area (Å²) in [6.45, 7) is 4.32. The van der Waals surface area contributed by atoms with Crippen LogP contribution in [0.1, 0.15) is 49.0 Å². The molecule has 1 aromatic rings. The van der Waals surface area contributed by atoms with Gasteiger partial charge in [0.25, 0.3) is 0 Å². The van der Waals surface area contributed by atoms with Gasteiger partial charge in [0.2, 0.25) is 0 Å². The van der Waals surface area contributed by atoms with E-state index < -0.39 is 5.97 Å². The van der Waals surface area contributed by atoms with E-state index in [9.17, 15) is 9.90 Å². The van der Waals surface area contributed by atoms with Crippen LogP contribution in [0.5, 0.6) is 5.75 Å². The molecule has 0 amide bonds. The van der Waals surface area contributed by atoms with Crippen molar-refractivity contribution >= 4 is 17.4 Å². The standard InChI is InChI=1S/C14H20N2O3/c1-3-5-6-19-13-8-12(16)9(11(15)4-2)7-10(13)14(17)18/h7-8,15H,3-6,16H2,1-2H3,(H,17,18). The van der Waals surface area contributed by atoms with Gasteiger partial charge in [-0.15, -0.1) is 0 Å². The van der Waals surface area contributed by atoms with Crippen LogP contribution in [0.15, 0.2) is 12.1 Å². The van der Waals surface area contributed by atoms with E-state index in [2.05, 4.69) is 0 Å². The van der Waals surface area contributed by atoms with E-state index in [4.69, 9.17) is 15.9 Å². The van der Waals surface area contributed by atoms with Crippen molar-refractivity contribution in [2.75, 3.05) is 12.3 Å². The largest absolute Gasteiger partial charge is 0.493 e. The first-order valence-corrected chi connectivity index (χ1v) is 6.38. The summed E-state index contributed by atoms with van der Waals surface area (Å²) >= 11 is 0. The van der Waals surface area contributed by atoms with Gasteiger partial charge in [0.15, 0.2) is 0 Å². The van der Waals surface area contributed by atoms with Gasteiger partial charge in [0, 0.05) is 23.0 Å². The molecule has 0 aliphatic heterocycles. The van der Waals surface area contributed by atoms with E-state index in [0.717, 1.165) is 12.8 Å². The Morgan fingerprint density at radius 2 is 2.05 bits per heavy atom. The van der Waals surface area contributed by atoms with E-state index in [1.54, 1.807) is 0 Å². The molecule has 19 heavy (non-hydrogen) atoms. The number of rotatable bonds is 7. The molecule has 0 unspecified atom stereocenters. The van der Waals surface area contributed by atoms with Gasteiger partial charge in [-0.25, -0.2) is 4.79 Å².